The second kappa shape index (κ2) is 5.06. The lowest BCUT2D eigenvalue weighted by Gasteiger charge is -2.33. The first-order valence-electron chi connectivity index (χ1n) is 5.71. The third-order valence-corrected chi connectivity index (χ3v) is 3.92. The number of nitrogens with zero attached hydrogens (tertiary/aromatic N) is 2. The van der Waals surface area contributed by atoms with Gasteiger partial charge in [-0.15, -0.1) is 11.3 Å². The first-order chi connectivity index (χ1) is 8.21. The molecule has 6 heteroatoms. The summed E-state index contributed by atoms with van der Waals surface area (Å²) in [7, 11) is 0. The SMILES string of the molecule is CCN(C(=O)c1sc(C)nc1C)C(C)(C)C(=O)O. The Bertz CT molecular complexity index is 480. The number of aryl methyl sites for hydroxylation is 2. The predicted molar refractivity (Wildman–Crippen MR) is 70.0 cm³/mol. The average molecular weight is 270 g/mol. The third-order valence-electron chi connectivity index (χ3n) is 2.86. The predicted octanol–water partition coefficient (Wildman–Crippen LogP) is 2.09. The summed E-state index contributed by atoms with van der Waals surface area (Å²) in [4.78, 5) is 29.7. The van der Waals surface area contributed by atoms with Gasteiger partial charge in [-0.1, -0.05) is 0 Å². The molecule has 1 amide bonds. The van der Waals surface area contributed by atoms with E-state index in [-0.39, 0.29) is 5.91 Å². The van der Waals surface area contributed by atoms with Crippen molar-refractivity contribution in [3.05, 3.63) is 15.6 Å². The lowest BCUT2D eigenvalue weighted by molar-refractivity contribution is -0.147. The number of thiazole rings is 1. The number of hydrogen-bond donors (Lipinski definition) is 1. The van der Waals surface area contributed by atoms with E-state index in [1.165, 1.54) is 30.1 Å². The van der Waals surface area contributed by atoms with Crippen molar-refractivity contribution in [2.45, 2.75) is 40.2 Å². The van der Waals surface area contributed by atoms with Crippen molar-refractivity contribution in [1.29, 1.82) is 0 Å². The minimum Gasteiger partial charge on any atom is -0.480 e. The van der Waals surface area contributed by atoms with Crippen LogP contribution >= 0.6 is 11.3 Å². The van der Waals surface area contributed by atoms with E-state index in [1.807, 2.05) is 6.92 Å². The molecule has 0 aliphatic heterocycles. The van der Waals surface area contributed by atoms with Gasteiger partial charge < -0.3 is 10.0 Å². The van der Waals surface area contributed by atoms with Crippen molar-refractivity contribution in [1.82, 2.24) is 9.88 Å². The molecular weight excluding hydrogens is 252 g/mol. The Labute approximate surface area is 110 Å². The molecule has 1 aromatic rings. The van der Waals surface area contributed by atoms with Gasteiger partial charge >= 0.3 is 5.97 Å². The average Bonchev–Trinajstić information content (AvgIpc) is 2.58. The quantitative estimate of drug-likeness (QED) is 0.909. The van der Waals surface area contributed by atoms with Crippen LogP contribution < -0.4 is 0 Å². The molecule has 0 saturated heterocycles. The Morgan fingerprint density at radius 3 is 2.28 bits per heavy atom. The Balaban J connectivity index is 3.15. The first-order valence-corrected chi connectivity index (χ1v) is 6.52. The maximum atomic E-state index is 12.4. The lowest BCUT2D eigenvalue weighted by Crippen LogP contribution is -2.52. The summed E-state index contributed by atoms with van der Waals surface area (Å²) in [6.07, 6.45) is 0. The lowest BCUT2D eigenvalue weighted by atomic mass is 10.0. The topological polar surface area (TPSA) is 70.5 Å². The van der Waals surface area contributed by atoms with E-state index in [1.54, 1.807) is 13.8 Å². The van der Waals surface area contributed by atoms with Crippen LogP contribution in [0.2, 0.25) is 0 Å². The summed E-state index contributed by atoms with van der Waals surface area (Å²) < 4.78 is 0. The van der Waals surface area contributed by atoms with E-state index >= 15 is 0 Å². The molecule has 0 saturated carbocycles. The van der Waals surface area contributed by atoms with Crippen LogP contribution in [0.25, 0.3) is 0 Å². The van der Waals surface area contributed by atoms with Crippen LogP contribution in [0.15, 0.2) is 0 Å². The number of aliphatic carboxylic acids is 1. The van der Waals surface area contributed by atoms with Gasteiger partial charge in [-0.25, -0.2) is 9.78 Å². The Morgan fingerprint density at radius 1 is 1.39 bits per heavy atom. The minimum absolute atomic E-state index is 0.270. The molecule has 0 fully saturated rings. The monoisotopic (exact) mass is 270 g/mol. The zero-order valence-corrected chi connectivity index (χ0v) is 12.1. The van der Waals surface area contributed by atoms with Gasteiger partial charge in [-0.3, -0.25) is 4.79 Å². The molecule has 100 valence electrons. The van der Waals surface area contributed by atoms with E-state index in [0.29, 0.717) is 17.1 Å². The van der Waals surface area contributed by atoms with E-state index < -0.39 is 11.5 Å². The Kier molecular flexibility index (Phi) is 4.11. The van der Waals surface area contributed by atoms with Crippen LogP contribution in [0.3, 0.4) is 0 Å². The van der Waals surface area contributed by atoms with Crippen molar-refractivity contribution >= 4 is 23.2 Å². The van der Waals surface area contributed by atoms with Crippen LogP contribution in [0.5, 0.6) is 0 Å². The zero-order chi connectivity index (χ0) is 14.1. The first kappa shape index (κ1) is 14.6. The van der Waals surface area contributed by atoms with Crippen molar-refractivity contribution in [2.24, 2.45) is 0 Å². The molecule has 1 N–H and O–H groups in total. The molecular formula is C12H18N2O3S. The summed E-state index contributed by atoms with van der Waals surface area (Å²) in [5, 5.41) is 10.0. The molecule has 1 aromatic heterocycles. The van der Waals surface area contributed by atoms with E-state index in [2.05, 4.69) is 4.98 Å². The zero-order valence-electron chi connectivity index (χ0n) is 11.3. The number of likely N-dealkylation sites (N-methyl/N-ethyl adjacent to an activating group) is 1. The van der Waals surface area contributed by atoms with Gasteiger partial charge in [-0.05, 0) is 34.6 Å². The molecule has 0 aromatic carbocycles. The molecule has 0 aliphatic carbocycles. The summed E-state index contributed by atoms with van der Waals surface area (Å²) in [5.41, 5.74) is -0.571. The number of rotatable bonds is 4. The molecule has 0 atom stereocenters. The standard InChI is InChI=1S/C12H18N2O3S/c1-6-14(12(4,5)11(16)17)10(15)9-7(2)13-8(3)18-9/h6H2,1-5H3,(H,16,17). The molecule has 0 spiro atoms. The highest BCUT2D eigenvalue weighted by Crippen LogP contribution is 2.24. The summed E-state index contributed by atoms with van der Waals surface area (Å²) >= 11 is 1.30. The second-order valence-electron chi connectivity index (χ2n) is 4.56. The molecule has 0 unspecified atom stereocenters. The van der Waals surface area contributed by atoms with Gasteiger partial charge in [-0.2, -0.15) is 0 Å². The van der Waals surface area contributed by atoms with E-state index in [0.717, 1.165) is 5.01 Å². The number of hydrogen-bond acceptors (Lipinski definition) is 4. The molecule has 0 radical (unpaired) electrons. The number of amides is 1. The number of carboxylic acid groups (broad SMARTS) is 1. The highest BCUT2D eigenvalue weighted by atomic mass is 32.1. The van der Waals surface area contributed by atoms with E-state index in [9.17, 15) is 14.7 Å². The number of aromatic nitrogens is 1. The van der Waals surface area contributed by atoms with Crippen molar-refractivity contribution in [3.63, 3.8) is 0 Å². The highest BCUT2D eigenvalue weighted by Gasteiger charge is 2.38. The minimum atomic E-state index is -1.23. The van der Waals surface area contributed by atoms with Crippen molar-refractivity contribution in [3.8, 4) is 0 Å². The van der Waals surface area contributed by atoms with Gasteiger partial charge in [0.05, 0.1) is 10.7 Å². The van der Waals surface area contributed by atoms with Crippen molar-refractivity contribution in [2.75, 3.05) is 6.54 Å². The molecule has 0 aliphatic rings. The fourth-order valence-corrected chi connectivity index (χ4v) is 2.63. The van der Waals surface area contributed by atoms with E-state index in [4.69, 9.17) is 0 Å². The number of carboxylic acids is 1. The molecule has 1 heterocycles. The Hall–Kier alpha value is -1.43. The number of carbonyl (C=O) groups excluding carboxylic acids is 1. The maximum Gasteiger partial charge on any atom is 0.329 e. The van der Waals surface area contributed by atoms with Gasteiger partial charge in [0.2, 0.25) is 0 Å². The maximum absolute atomic E-state index is 12.4. The van der Waals surface area contributed by atoms with Gasteiger partial charge in [0.1, 0.15) is 10.4 Å². The fraction of sp³-hybridized carbons (Fsp3) is 0.583. The molecule has 1 rings (SSSR count). The molecule has 5 nitrogen and oxygen atoms in total. The van der Waals surface area contributed by atoms with Crippen LogP contribution in [0.4, 0.5) is 0 Å². The van der Waals surface area contributed by atoms with Crippen LogP contribution in [0, 0.1) is 13.8 Å². The summed E-state index contributed by atoms with van der Waals surface area (Å²) in [6.45, 7) is 8.76. The van der Waals surface area contributed by atoms with Crippen LogP contribution in [-0.4, -0.2) is 39.0 Å². The van der Waals surface area contributed by atoms with Gasteiger partial charge in [0.25, 0.3) is 5.91 Å². The molecule has 18 heavy (non-hydrogen) atoms. The van der Waals surface area contributed by atoms with Gasteiger partial charge in [0.15, 0.2) is 0 Å². The normalized spacial score (nSPS) is 11.4. The van der Waals surface area contributed by atoms with Crippen molar-refractivity contribution < 1.29 is 14.7 Å². The molecule has 0 bridgehead atoms. The highest BCUT2D eigenvalue weighted by molar-refractivity contribution is 7.13. The smallest absolute Gasteiger partial charge is 0.329 e. The van der Waals surface area contributed by atoms with Crippen LogP contribution in [0.1, 0.15) is 41.1 Å². The third kappa shape index (κ3) is 2.53. The summed E-state index contributed by atoms with van der Waals surface area (Å²) in [5.74, 6) is -1.29. The van der Waals surface area contributed by atoms with Gasteiger partial charge in [0, 0.05) is 6.54 Å². The fourth-order valence-electron chi connectivity index (χ4n) is 1.76. The largest absolute Gasteiger partial charge is 0.480 e. The van der Waals surface area contributed by atoms with Crippen LogP contribution in [-0.2, 0) is 4.79 Å². The number of carbonyl (C=O) groups is 2. The summed E-state index contributed by atoms with van der Waals surface area (Å²) in [6, 6.07) is 0. The Morgan fingerprint density at radius 2 is 1.94 bits per heavy atom. The second-order valence-corrected chi connectivity index (χ2v) is 5.76.